The number of hydrogen-bond donors (Lipinski definition) is 1. The Bertz CT molecular complexity index is 1300. The van der Waals surface area contributed by atoms with E-state index in [1.807, 2.05) is 0 Å². The fraction of sp³-hybridized carbons (Fsp3) is 0.182. The van der Waals surface area contributed by atoms with Crippen LogP contribution in [-0.4, -0.2) is 35.7 Å². The molecule has 0 aliphatic heterocycles. The van der Waals surface area contributed by atoms with E-state index in [1.165, 1.54) is 29.6 Å². The molecule has 1 amide bonds. The maximum atomic E-state index is 13.4. The van der Waals surface area contributed by atoms with Crippen LogP contribution >= 0.6 is 0 Å². The number of carbonyl (C=O) groups excluding carboxylic acids is 1. The SMILES string of the molecule is Cc1cc2cc(C(=O)N(Cc3ccc(C(F)(F)F)cn3)Cc3ncccn3)cnc2nc1N. The lowest BCUT2D eigenvalue weighted by Crippen LogP contribution is -2.31. The van der Waals surface area contributed by atoms with E-state index in [1.54, 1.807) is 25.1 Å². The number of pyridine rings is 3. The highest BCUT2D eigenvalue weighted by Gasteiger charge is 2.30. The zero-order valence-corrected chi connectivity index (χ0v) is 17.4. The van der Waals surface area contributed by atoms with E-state index in [-0.39, 0.29) is 24.3 Å². The second-order valence-corrected chi connectivity index (χ2v) is 7.32. The summed E-state index contributed by atoms with van der Waals surface area (Å²) >= 11 is 0. The van der Waals surface area contributed by atoms with Gasteiger partial charge in [0.1, 0.15) is 11.6 Å². The minimum Gasteiger partial charge on any atom is -0.383 e. The number of halogens is 3. The molecule has 4 aromatic heterocycles. The van der Waals surface area contributed by atoms with E-state index in [9.17, 15) is 18.0 Å². The van der Waals surface area contributed by atoms with Gasteiger partial charge in [-0.05, 0) is 42.8 Å². The summed E-state index contributed by atoms with van der Waals surface area (Å²) in [6.07, 6.45) is 0.708. The van der Waals surface area contributed by atoms with Crippen molar-refractivity contribution in [3.63, 3.8) is 0 Å². The number of aryl methyl sites for hydroxylation is 1. The van der Waals surface area contributed by atoms with Gasteiger partial charge in [0.2, 0.25) is 0 Å². The average molecular weight is 453 g/mol. The molecule has 11 heteroatoms. The van der Waals surface area contributed by atoms with Gasteiger partial charge >= 0.3 is 6.18 Å². The van der Waals surface area contributed by atoms with Gasteiger partial charge in [0.25, 0.3) is 5.91 Å². The van der Waals surface area contributed by atoms with Gasteiger partial charge in [-0.3, -0.25) is 9.78 Å². The molecule has 0 spiro atoms. The van der Waals surface area contributed by atoms with Gasteiger partial charge in [-0.1, -0.05) is 0 Å². The van der Waals surface area contributed by atoms with Gasteiger partial charge in [-0.2, -0.15) is 13.2 Å². The topological polar surface area (TPSA) is 111 Å². The Morgan fingerprint density at radius 3 is 2.45 bits per heavy atom. The smallest absolute Gasteiger partial charge is 0.383 e. The monoisotopic (exact) mass is 453 g/mol. The number of amides is 1. The Hall–Kier alpha value is -4.15. The van der Waals surface area contributed by atoms with Crippen LogP contribution in [0.5, 0.6) is 0 Å². The molecule has 0 saturated carbocycles. The number of rotatable bonds is 5. The van der Waals surface area contributed by atoms with Crippen molar-refractivity contribution in [1.82, 2.24) is 29.8 Å². The first kappa shape index (κ1) is 22.1. The molecule has 0 atom stereocenters. The third kappa shape index (κ3) is 5.03. The van der Waals surface area contributed by atoms with Crippen molar-refractivity contribution in [3.05, 3.63) is 83.3 Å². The van der Waals surface area contributed by atoms with Gasteiger partial charge in [0, 0.05) is 30.2 Å². The van der Waals surface area contributed by atoms with E-state index >= 15 is 0 Å². The van der Waals surface area contributed by atoms with Crippen molar-refractivity contribution in [3.8, 4) is 0 Å². The highest BCUT2D eigenvalue weighted by Crippen LogP contribution is 2.28. The van der Waals surface area contributed by atoms with Crippen LogP contribution in [0.2, 0.25) is 0 Å². The molecule has 0 fully saturated rings. The molecule has 0 bridgehead atoms. The fourth-order valence-corrected chi connectivity index (χ4v) is 3.15. The molecule has 8 nitrogen and oxygen atoms in total. The van der Waals surface area contributed by atoms with Crippen molar-refractivity contribution in [2.45, 2.75) is 26.2 Å². The van der Waals surface area contributed by atoms with Crippen molar-refractivity contribution in [1.29, 1.82) is 0 Å². The van der Waals surface area contributed by atoms with Gasteiger partial charge in [0.05, 0.1) is 29.9 Å². The van der Waals surface area contributed by atoms with E-state index < -0.39 is 17.6 Å². The normalized spacial score (nSPS) is 11.5. The fourth-order valence-electron chi connectivity index (χ4n) is 3.15. The molecule has 4 aromatic rings. The molecule has 0 radical (unpaired) electrons. The molecule has 0 saturated heterocycles. The number of aromatic nitrogens is 5. The van der Waals surface area contributed by atoms with Crippen molar-refractivity contribution in [2.24, 2.45) is 0 Å². The number of carbonyl (C=O) groups is 1. The van der Waals surface area contributed by atoms with Crippen molar-refractivity contribution in [2.75, 3.05) is 5.73 Å². The average Bonchev–Trinajstić information content (AvgIpc) is 2.79. The van der Waals surface area contributed by atoms with E-state index in [0.29, 0.717) is 22.7 Å². The molecule has 0 aliphatic rings. The number of nitrogens with two attached hydrogens (primary N) is 1. The zero-order chi connectivity index (χ0) is 23.6. The van der Waals surface area contributed by atoms with Gasteiger partial charge in [-0.25, -0.2) is 19.9 Å². The highest BCUT2D eigenvalue weighted by molar-refractivity contribution is 5.97. The van der Waals surface area contributed by atoms with Crippen LogP contribution in [0.25, 0.3) is 11.0 Å². The number of fused-ring (bicyclic) bond motifs is 1. The lowest BCUT2D eigenvalue weighted by Gasteiger charge is -2.22. The number of nitrogen functional groups attached to an aromatic ring is 1. The zero-order valence-electron chi connectivity index (χ0n) is 17.4. The molecule has 0 unspecified atom stereocenters. The molecule has 4 rings (SSSR count). The van der Waals surface area contributed by atoms with Crippen LogP contribution in [0.1, 0.15) is 33.0 Å². The van der Waals surface area contributed by atoms with Gasteiger partial charge in [-0.15, -0.1) is 0 Å². The Kier molecular flexibility index (Phi) is 5.86. The van der Waals surface area contributed by atoms with E-state index in [4.69, 9.17) is 5.73 Å². The van der Waals surface area contributed by atoms with E-state index in [2.05, 4.69) is 24.9 Å². The van der Waals surface area contributed by atoms with E-state index in [0.717, 1.165) is 17.8 Å². The lowest BCUT2D eigenvalue weighted by atomic mass is 10.1. The Morgan fingerprint density at radius 1 is 1.03 bits per heavy atom. The first-order valence-corrected chi connectivity index (χ1v) is 9.81. The van der Waals surface area contributed by atoms with Crippen LogP contribution in [-0.2, 0) is 19.3 Å². The van der Waals surface area contributed by atoms with Crippen molar-refractivity contribution < 1.29 is 18.0 Å². The number of hydrogen-bond acceptors (Lipinski definition) is 7. The predicted molar refractivity (Wildman–Crippen MR) is 114 cm³/mol. The summed E-state index contributed by atoms with van der Waals surface area (Å²) in [5.74, 6) is 0.315. The maximum Gasteiger partial charge on any atom is 0.417 e. The maximum absolute atomic E-state index is 13.4. The molecular weight excluding hydrogens is 435 g/mol. The highest BCUT2D eigenvalue weighted by atomic mass is 19.4. The summed E-state index contributed by atoms with van der Waals surface area (Å²) in [5, 5.41) is 0.635. The number of anilines is 1. The van der Waals surface area contributed by atoms with Gasteiger partial charge < -0.3 is 10.6 Å². The summed E-state index contributed by atoms with van der Waals surface area (Å²) in [7, 11) is 0. The second kappa shape index (κ2) is 8.77. The standard InChI is InChI=1S/C22H18F3N7O/c1-13-7-14-8-15(9-30-20(14)31-19(13)26)21(33)32(12-18-27-5-2-6-28-18)11-17-4-3-16(10-29-17)22(23,24)25/h2-10H,11-12H2,1H3,(H2,26,30,31). The molecule has 168 valence electrons. The van der Waals surface area contributed by atoms with Crippen LogP contribution in [0, 0.1) is 6.92 Å². The first-order valence-electron chi connectivity index (χ1n) is 9.81. The molecular formula is C22H18F3N7O. The van der Waals surface area contributed by atoms with Crippen LogP contribution in [0.3, 0.4) is 0 Å². The summed E-state index contributed by atoms with van der Waals surface area (Å²) in [6, 6.07) is 7.23. The van der Waals surface area contributed by atoms with Gasteiger partial charge in [0.15, 0.2) is 5.65 Å². The third-order valence-corrected chi connectivity index (χ3v) is 4.89. The Morgan fingerprint density at radius 2 is 1.79 bits per heavy atom. The summed E-state index contributed by atoms with van der Waals surface area (Å²) in [5.41, 5.74) is 6.66. The molecule has 4 heterocycles. The summed E-state index contributed by atoms with van der Waals surface area (Å²) in [6.45, 7) is 1.78. The Labute approximate surface area is 186 Å². The summed E-state index contributed by atoms with van der Waals surface area (Å²) in [4.78, 5) is 35.3. The number of alkyl halides is 3. The van der Waals surface area contributed by atoms with Crippen LogP contribution in [0.15, 0.2) is 55.1 Å². The first-order chi connectivity index (χ1) is 15.7. The van der Waals surface area contributed by atoms with Crippen LogP contribution < -0.4 is 5.73 Å². The second-order valence-electron chi connectivity index (χ2n) is 7.32. The predicted octanol–water partition coefficient (Wildman–Crippen LogP) is 3.57. The molecule has 0 aliphatic carbocycles. The largest absolute Gasteiger partial charge is 0.417 e. The van der Waals surface area contributed by atoms with Crippen LogP contribution in [0.4, 0.5) is 19.0 Å². The molecule has 2 N–H and O–H groups in total. The Balaban J connectivity index is 1.66. The quantitative estimate of drug-likeness (QED) is 0.492. The minimum atomic E-state index is -4.49. The number of nitrogens with zero attached hydrogens (tertiary/aromatic N) is 6. The molecule has 33 heavy (non-hydrogen) atoms. The molecule has 0 aromatic carbocycles. The van der Waals surface area contributed by atoms with Crippen molar-refractivity contribution >= 4 is 22.8 Å². The minimum absolute atomic E-state index is 0.0272. The lowest BCUT2D eigenvalue weighted by molar-refractivity contribution is -0.137. The third-order valence-electron chi connectivity index (χ3n) is 4.89. The summed E-state index contributed by atoms with van der Waals surface area (Å²) < 4.78 is 38.6.